The van der Waals surface area contributed by atoms with Crippen molar-refractivity contribution in [2.24, 2.45) is 0 Å². The Morgan fingerprint density at radius 1 is 1.10 bits per heavy atom. The molecule has 0 saturated carbocycles. The van der Waals surface area contributed by atoms with Gasteiger partial charge in [-0.1, -0.05) is 54.6 Å². The molecular weight excluding hydrogens is 386 g/mol. The van der Waals surface area contributed by atoms with Crippen molar-refractivity contribution in [3.63, 3.8) is 0 Å². The number of imide groups is 1. The summed E-state index contributed by atoms with van der Waals surface area (Å²) in [5.41, 5.74) is 2.14. The zero-order valence-corrected chi connectivity index (χ0v) is 16.8. The van der Waals surface area contributed by atoms with Gasteiger partial charge < -0.3 is 10.6 Å². The number of nitrogens with one attached hydrogen (secondary N) is 2. The maximum absolute atomic E-state index is 13.0. The Morgan fingerprint density at radius 2 is 1.86 bits per heavy atom. The topological polar surface area (TPSA) is 78.5 Å². The van der Waals surface area contributed by atoms with Gasteiger partial charge in [0, 0.05) is 18.1 Å². The molecule has 1 heterocycles. The quantitative estimate of drug-likeness (QED) is 0.544. The Kier molecular flexibility index (Phi) is 5.58. The molecule has 29 heavy (non-hydrogen) atoms. The van der Waals surface area contributed by atoms with E-state index in [-0.39, 0.29) is 18.4 Å². The molecule has 0 aromatic heterocycles. The third-order valence-electron chi connectivity index (χ3n) is 5.40. The summed E-state index contributed by atoms with van der Waals surface area (Å²) in [6, 6.07) is 17.3. The molecule has 1 atom stereocenters. The highest BCUT2D eigenvalue weighted by molar-refractivity contribution is 7.98. The van der Waals surface area contributed by atoms with Crippen LogP contribution < -0.4 is 10.6 Å². The van der Waals surface area contributed by atoms with Gasteiger partial charge in [-0.3, -0.25) is 14.5 Å². The van der Waals surface area contributed by atoms with E-state index in [2.05, 4.69) is 22.8 Å². The number of hydrogen-bond donors (Lipinski definition) is 2. The molecule has 0 radical (unpaired) electrons. The maximum Gasteiger partial charge on any atom is 0.325 e. The summed E-state index contributed by atoms with van der Waals surface area (Å²) in [6.45, 7) is 0.242. The number of rotatable bonds is 7. The van der Waals surface area contributed by atoms with Crippen LogP contribution >= 0.6 is 11.8 Å². The van der Waals surface area contributed by atoms with Crippen LogP contribution in [0, 0.1) is 0 Å². The third-order valence-corrected chi connectivity index (χ3v) is 6.43. The molecule has 2 aromatic carbocycles. The van der Waals surface area contributed by atoms with Crippen molar-refractivity contribution in [1.82, 2.24) is 15.5 Å². The van der Waals surface area contributed by atoms with Gasteiger partial charge in [0.25, 0.3) is 5.91 Å². The molecule has 0 bridgehead atoms. The third kappa shape index (κ3) is 3.87. The van der Waals surface area contributed by atoms with Gasteiger partial charge in [-0.05, 0) is 29.5 Å². The second-order valence-corrected chi connectivity index (χ2v) is 8.38. The Labute approximate surface area is 174 Å². The average Bonchev–Trinajstić information content (AvgIpc) is 3.22. The molecule has 2 aliphatic rings. The molecule has 4 amide bonds. The number of fused-ring (bicyclic) bond motifs is 2. The van der Waals surface area contributed by atoms with Crippen LogP contribution in [0.4, 0.5) is 4.79 Å². The first-order valence-corrected chi connectivity index (χ1v) is 10.9. The number of carbonyl (C=O) groups is 3. The average molecular weight is 410 g/mol. The van der Waals surface area contributed by atoms with E-state index in [1.165, 1.54) is 5.56 Å². The first-order valence-electron chi connectivity index (χ1n) is 9.71. The highest BCUT2D eigenvalue weighted by atomic mass is 32.2. The number of urea groups is 1. The molecule has 1 spiro atoms. The number of amides is 4. The molecule has 0 unspecified atom stereocenters. The Hall–Kier alpha value is -2.80. The lowest BCUT2D eigenvalue weighted by Gasteiger charge is -2.22. The number of nitrogens with zero attached hydrogens (tertiary/aromatic N) is 1. The van der Waals surface area contributed by atoms with E-state index in [0.29, 0.717) is 13.0 Å². The second-order valence-electron chi connectivity index (χ2n) is 7.27. The predicted molar refractivity (Wildman–Crippen MR) is 112 cm³/mol. The lowest BCUT2D eigenvalue weighted by atomic mass is 9.92. The zero-order valence-electron chi connectivity index (χ0n) is 16.0. The van der Waals surface area contributed by atoms with E-state index in [0.717, 1.165) is 34.0 Å². The van der Waals surface area contributed by atoms with Crippen molar-refractivity contribution in [1.29, 1.82) is 0 Å². The molecular formula is C22H23N3O3S. The maximum atomic E-state index is 13.0. The largest absolute Gasteiger partial charge is 0.354 e. The van der Waals surface area contributed by atoms with Crippen molar-refractivity contribution in [2.75, 3.05) is 18.8 Å². The Bertz CT molecular complexity index is 934. The van der Waals surface area contributed by atoms with E-state index in [1.54, 1.807) is 11.8 Å². The number of aryl methyl sites for hydroxylation is 1. The van der Waals surface area contributed by atoms with Crippen molar-refractivity contribution < 1.29 is 14.4 Å². The molecule has 2 N–H and O–H groups in total. The fourth-order valence-corrected chi connectivity index (χ4v) is 4.78. The van der Waals surface area contributed by atoms with Crippen LogP contribution in [-0.4, -0.2) is 41.6 Å². The number of benzene rings is 2. The molecule has 1 aliphatic heterocycles. The second kappa shape index (κ2) is 8.29. The fourth-order valence-electron chi connectivity index (χ4n) is 3.96. The Morgan fingerprint density at radius 3 is 2.69 bits per heavy atom. The minimum atomic E-state index is -1.01. The van der Waals surface area contributed by atoms with Crippen molar-refractivity contribution in [3.8, 4) is 0 Å². The van der Waals surface area contributed by atoms with Crippen LogP contribution in [0.2, 0.25) is 0 Å². The summed E-state index contributed by atoms with van der Waals surface area (Å²) in [5.74, 6) is 0.988. The van der Waals surface area contributed by atoms with Crippen LogP contribution in [0.3, 0.4) is 0 Å². The van der Waals surface area contributed by atoms with Gasteiger partial charge >= 0.3 is 6.03 Å². The van der Waals surface area contributed by atoms with Crippen molar-refractivity contribution in [2.45, 2.75) is 24.1 Å². The standard InChI is InChI=1S/C22H23N3O3S/c26-19(23-12-13-29-15-16-6-2-1-3-7-16)14-25-20(27)22(24-21(25)28)11-10-17-8-4-5-9-18(17)22/h1-9H,10-15H2,(H,23,26)(H,24,28)/t22-/m0/s1. The monoisotopic (exact) mass is 409 g/mol. The molecule has 2 aromatic rings. The van der Waals surface area contributed by atoms with Crippen LogP contribution in [0.25, 0.3) is 0 Å². The van der Waals surface area contributed by atoms with Gasteiger partial charge in [-0.2, -0.15) is 11.8 Å². The normalized spacial score (nSPS) is 20.1. The summed E-state index contributed by atoms with van der Waals surface area (Å²) in [5, 5.41) is 5.64. The number of thioether (sulfide) groups is 1. The van der Waals surface area contributed by atoms with E-state index in [9.17, 15) is 14.4 Å². The van der Waals surface area contributed by atoms with Gasteiger partial charge in [0.05, 0.1) is 0 Å². The molecule has 6 nitrogen and oxygen atoms in total. The van der Waals surface area contributed by atoms with Crippen LogP contribution in [-0.2, 0) is 27.3 Å². The van der Waals surface area contributed by atoms with E-state index < -0.39 is 11.6 Å². The van der Waals surface area contributed by atoms with Crippen molar-refractivity contribution >= 4 is 29.6 Å². The zero-order chi connectivity index (χ0) is 20.3. The van der Waals surface area contributed by atoms with E-state index >= 15 is 0 Å². The lowest BCUT2D eigenvalue weighted by Crippen LogP contribution is -2.44. The van der Waals surface area contributed by atoms with Crippen molar-refractivity contribution in [3.05, 3.63) is 71.3 Å². The number of hydrogen-bond acceptors (Lipinski definition) is 4. The van der Waals surface area contributed by atoms with Gasteiger partial charge in [-0.15, -0.1) is 0 Å². The predicted octanol–water partition coefficient (Wildman–Crippen LogP) is 2.43. The fraction of sp³-hybridized carbons (Fsp3) is 0.318. The van der Waals surface area contributed by atoms with Gasteiger partial charge in [0.1, 0.15) is 12.1 Å². The SMILES string of the molecule is O=C(CN1C(=O)N[C@]2(CCc3ccccc32)C1=O)NCCSCc1ccccc1. The molecule has 1 saturated heterocycles. The minimum Gasteiger partial charge on any atom is -0.354 e. The summed E-state index contributed by atoms with van der Waals surface area (Å²) < 4.78 is 0. The first-order chi connectivity index (χ1) is 14.1. The summed E-state index contributed by atoms with van der Waals surface area (Å²) >= 11 is 1.73. The van der Waals surface area contributed by atoms with E-state index in [1.807, 2.05) is 42.5 Å². The Balaban J connectivity index is 1.28. The smallest absolute Gasteiger partial charge is 0.325 e. The molecule has 4 rings (SSSR count). The summed E-state index contributed by atoms with van der Waals surface area (Å²) in [7, 11) is 0. The molecule has 1 fully saturated rings. The van der Waals surface area contributed by atoms with Gasteiger partial charge in [-0.25, -0.2) is 4.79 Å². The first kappa shape index (κ1) is 19.5. The van der Waals surface area contributed by atoms with Gasteiger partial charge in [0.15, 0.2) is 0 Å². The van der Waals surface area contributed by atoms with Crippen LogP contribution in [0.5, 0.6) is 0 Å². The minimum absolute atomic E-state index is 0.252. The summed E-state index contributed by atoms with van der Waals surface area (Å²) in [4.78, 5) is 38.8. The van der Waals surface area contributed by atoms with Gasteiger partial charge in [0.2, 0.25) is 5.91 Å². The lowest BCUT2D eigenvalue weighted by molar-refractivity contribution is -0.135. The van der Waals surface area contributed by atoms with Crippen LogP contribution in [0.1, 0.15) is 23.1 Å². The highest BCUT2D eigenvalue weighted by Gasteiger charge is 2.55. The highest BCUT2D eigenvalue weighted by Crippen LogP contribution is 2.41. The number of carbonyl (C=O) groups excluding carboxylic acids is 3. The molecule has 7 heteroatoms. The summed E-state index contributed by atoms with van der Waals surface area (Å²) in [6.07, 6.45) is 1.27. The van der Waals surface area contributed by atoms with E-state index in [4.69, 9.17) is 0 Å². The molecule has 1 aliphatic carbocycles. The van der Waals surface area contributed by atoms with Crippen LogP contribution in [0.15, 0.2) is 54.6 Å². The molecule has 150 valence electrons.